The SMILES string of the molecule is CC(C)OCCOC(=O)c1n[nH]c(C2CC2)c1S(=O)(=O)Cl. The van der Waals surface area contributed by atoms with E-state index < -0.39 is 15.0 Å². The lowest BCUT2D eigenvalue weighted by Crippen LogP contribution is -2.15. The quantitative estimate of drug-likeness (QED) is 0.463. The fourth-order valence-corrected chi connectivity index (χ4v) is 3.17. The van der Waals surface area contributed by atoms with Gasteiger partial charge in [0.2, 0.25) is 0 Å². The van der Waals surface area contributed by atoms with E-state index in [2.05, 4.69) is 10.2 Å². The number of rotatable bonds is 7. The Balaban J connectivity index is 2.10. The number of carbonyl (C=O) groups excluding carboxylic acids is 1. The molecule has 0 aliphatic heterocycles. The van der Waals surface area contributed by atoms with E-state index >= 15 is 0 Å². The highest BCUT2D eigenvalue weighted by Gasteiger charge is 2.36. The molecule has 9 heteroatoms. The number of aromatic amines is 1. The molecule has 1 aromatic heterocycles. The standard InChI is InChI=1S/C12H17ClN2O5S/c1-7(2)19-5-6-20-12(16)10-11(21(13,17)18)9(14-15-10)8-3-4-8/h7-8H,3-6H2,1-2H3,(H,14,15). The molecule has 21 heavy (non-hydrogen) atoms. The van der Waals surface area contributed by atoms with E-state index in [1.165, 1.54) is 0 Å². The first kappa shape index (κ1) is 16.3. The van der Waals surface area contributed by atoms with E-state index in [0.717, 1.165) is 12.8 Å². The molecule has 1 aliphatic rings. The lowest BCUT2D eigenvalue weighted by atomic mass is 10.2. The maximum absolute atomic E-state index is 11.9. The molecule has 0 bridgehead atoms. The third kappa shape index (κ3) is 4.18. The van der Waals surface area contributed by atoms with Crippen molar-refractivity contribution >= 4 is 25.7 Å². The van der Waals surface area contributed by atoms with Crippen LogP contribution in [0.4, 0.5) is 0 Å². The van der Waals surface area contributed by atoms with Gasteiger partial charge in [-0.1, -0.05) is 0 Å². The minimum Gasteiger partial charge on any atom is -0.458 e. The van der Waals surface area contributed by atoms with Crippen molar-refractivity contribution < 1.29 is 22.7 Å². The van der Waals surface area contributed by atoms with Gasteiger partial charge in [0.15, 0.2) is 5.69 Å². The second-order valence-corrected chi connectivity index (χ2v) is 7.59. The molecule has 118 valence electrons. The van der Waals surface area contributed by atoms with Gasteiger partial charge < -0.3 is 9.47 Å². The summed E-state index contributed by atoms with van der Waals surface area (Å²) in [7, 11) is 1.34. The number of esters is 1. The van der Waals surface area contributed by atoms with Gasteiger partial charge in [-0.25, -0.2) is 13.2 Å². The monoisotopic (exact) mass is 336 g/mol. The van der Waals surface area contributed by atoms with Crippen molar-refractivity contribution in [3.8, 4) is 0 Å². The Labute approximate surface area is 127 Å². The normalized spacial score (nSPS) is 15.4. The molecule has 0 spiro atoms. The van der Waals surface area contributed by atoms with Gasteiger partial charge in [-0.2, -0.15) is 5.10 Å². The molecule has 7 nitrogen and oxygen atoms in total. The van der Waals surface area contributed by atoms with Gasteiger partial charge in [0, 0.05) is 16.6 Å². The zero-order valence-electron chi connectivity index (χ0n) is 11.8. The van der Waals surface area contributed by atoms with Gasteiger partial charge in [0.25, 0.3) is 9.05 Å². The van der Waals surface area contributed by atoms with Crippen LogP contribution in [0, 0.1) is 0 Å². The van der Waals surface area contributed by atoms with Crippen LogP contribution in [0.25, 0.3) is 0 Å². The van der Waals surface area contributed by atoms with Crippen LogP contribution in [0.3, 0.4) is 0 Å². The van der Waals surface area contributed by atoms with Crippen LogP contribution in [-0.2, 0) is 18.5 Å². The lowest BCUT2D eigenvalue weighted by Gasteiger charge is -2.07. The van der Waals surface area contributed by atoms with E-state index in [1.54, 1.807) is 0 Å². The van der Waals surface area contributed by atoms with Crippen molar-refractivity contribution in [2.75, 3.05) is 13.2 Å². The van der Waals surface area contributed by atoms with Gasteiger partial charge >= 0.3 is 5.97 Å². The minimum absolute atomic E-state index is 0.0183. The molecule has 0 radical (unpaired) electrons. The molecule has 0 aromatic carbocycles. The predicted molar refractivity (Wildman–Crippen MR) is 75.0 cm³/mol. The Morgan fingerprint density at radius 1 is 1.43 bits per heavy atom. The van der Waals surface area contributed by atoms with Gasteiger partial charge in [-0.05, 0) is 26.7 Å². The molecule has 1 heterocycles. The van der Waals surface area contributed by atoms with Gasteiger partial charge in [0.1, 0.15) is 11.5 Å². The summed E-state index contributed by atoms with van der Waals surface area (Å²) in [5.74, 6) is -0.767. The molecule has 0 atom stereocenters. The zero-order chi connectivity index (χ0) is 15.6. The number of halogens is 1. The first-order valence-corrected chi connectivity index (χ1v) is 8.93. The van der Waals surface area contributed by atoms with E-state index in [0.29, 0.717) is 5.69 Å². The molecule has 1 aromatic rings. The summed E-state index contributed by atoms with van der Waals surface area (Å²) in [5.41, 5.74) is 0.0897. The number of aromatic nitrogens is 2. The number of nitrogens with zero attached hydrogens (tertiary/aromatic N) is 1. The van der Waals surface area contributed by atoms with Crippen LogP contribution < -0.4 is 0 Å². The highest BCUT2D eigenvalue weighted by Crippen LogP contribution is 2.43. The van der Waals surface area contributed by atoms with Gasteiger partial charge in [-0.3, -0.25) is 5.10 Å². The smallest absolute Gasteiger partial charge is 0.360 e. The molecular weight excluding hydrogens is 320 g/mol. The number of ether oxygens (including phenoxy) is 2. The van der Waals surface area contributed by atoms with Crippen LogP contribution in [0.5, 0.6) is 0 Å². The van der Waals surface area contributed by atoms with Crippen molar-refractivity contribution in [3.63, 3.8) is 0 Å². The summed E-state index contributed by atoms with van der Waals surface area (Å²) >= 11 is 0. The number of hydrogen-bond donors (Lipinski definition) is 1. The maximum Gasteiger partial charge on any atom is 0.360 e. The average molecular weight is 337 g/mol. The van der Waals surface area contributed by atoms with Crippen LogP contribution in [-0.4, -0.2) is 43.9 Å². The van der Waals surface area contributed by atoms with Crippen molar-refractivity contribution in [2.24, 2.45) is 0 Å². The summed E-state index contributed by atoms with van der Waals surface area (Å²) in [6, 6.07) is 0. The van der Waals surface area contributed by atoms with Crippen LogP contribution in [0.15, 0.2) is 4.90 Å². The summed E-state index contributed by atoms with van der Waals surface area (Å²) < 4.78 is 33.5. The lowest BCUT2D eigenvalue weighted by molar-refractivity contribution is 0.0170. The highest BCUT2D eigenvalue weighted by molar-refractivity contribution is 8.13. The molecule has 1 saturated carbocycles. The van der Waals surface area contributed by atoms with Crippen molar-refractivity contribution in [1.82, 2.24) is 10.2 Å². The molecule has 1 N–H and O–H groups in total. The predicted octanol–water partition coefficient (Wildman–Crippen LogP) is 1.80. The Bertz CT molecular complexity index is 622. The van der Waals surface area contributed by atoms with Crippen LogP contribution in [0.1, 0.15) is 48.8 Å². The molecule has 2 rings (SSSR count). The highest BCUT2D eigenvalue weighted by atomic mass is 35.7. The van der Waals surface area contributed by atoms with E-state index in [9.17, 15) is 13.2 Å². The first-order chi connectivity index (χ1) is 9.80. The van der Waals surface area contributed by atoms with E-state index in [-0.39, 0.29) is 35.8 Å². The summed E-state index contributed by atoms with van der Waals surface area (Å²) in [6.45, 7) is 3.96. The van der Waals surface area contributed by atoms with E-state index in [1.807, 2.05) is 13.8 Å². The molecule has 0 unspecified atom stereocenters. The van der Waals surface area contributed by atoms with Gasteiger partial charge in [-0.15, -0.1) is 0 Å². The Kier molecular flexibility index (Phi) is 4.90. The average Bonchev–Trinajstić information content (AvgIpc) is 3.11. The molecule has 0 amide bonds. The van der Waals surface area contributed by atoms with E-state index in [4.69, 9.17) is 20.2 Å². The van der Waals surface area contributed by atoms with Crippen molar-refractivity contribution in [2.45, 2.75) is 43.6 Å². The van der Waals surface area contributed by atoms with Crippen molar-refractivity contribution in [3.05, 3.63) is 11.4 Å². The van der Waals surface area contributed by atoms with Crippen molar-refractivity contribution in [1.29, 1.82) is 0 Å². The first-order valence-electron chi connectivity index (χ1n) is 6.62. The summed E-state index contributed by atoms with van der Waals surface area (Å²) in [4.78, 5) is 11.7. The second kappa shape index (κ2) is 6.33. The largest absolute Gasteiger partial charge is 0.458 e. The Morgan fingerprint density at radius 2 is 2.10 bits per heavy atom. The van der Waals surface area contributed by atoms with Gasteiger partial charge in [0.05, 0.1) is 18.4 Å². The zero-order valence-corrected chi connectivity index (χ0v) is 13.3. The Hall–Kier alpha value is -1.12. The fourth-order valence-electron chi connectivity index (χ4n) is 1.87. The topological polar surface area (TPSA) is 98.3 Å². The summed E-state index contributed by atoms with van der Waals surface area (Å²) in [5, 5.41) is 6.34. The van der Waals surface area contributed by atoms with Crippen LogP contribution in [0.2, 0.25) is 0 Å². The number of carbonyl (C=O) groups is 1. The summed E-state index contributed by atoms with van der Waals surface area (Å²) in [6.07, 6.45) is 1.71. The minimum atomic E-state index is -4.07. The van der Waals surface area contributed by atoms with Crippen LogP contribution >= 0.6 is 10.7 Å². The Morgan fingerprint density at radius 3 is 2.62 bits per heavy atom. The fraction of sp³-hybridized carbons (Fsp3) is 0.667. The number of nitrogens with one attached hydrogen (secondary N) is 1. The molecule has 1 aliphatic carbocycles. The number of H-pyrrole nitrogens is 1. The molecule has 0 saturated heterocycles. The maximum atomic E-state index is 11.9. The second-order valence-electron chi connectivity index (χ2n) is 5.08. The third-order valence-electron chi connectivity index (χ3n) is 2.94. The third-order valence-corrected chi connectivity index (χ3v) is 4.30. The molecule has 1 fully saturated rings. The molecular formula is C12H17ClN2O5S. The number of hydrogen-bond acceptors (Lipinski definition) is 6.